The molecule has 0 aliphatic carbocycles. The predicted molar refractivity (Wildman–Crippen MR) is 127 cm³/mol. The zero-order valence-electron chi connectivity index (χ0n) is 18.4. The number of anilines is 2. The van der Waals surface area contributed by atoms with E-state index in [1.165, 1.54) is 0 Å². The van der Waals surface area contributed by atoms with Gasteiger partial charge >= 0.3 is 0 Å². The Morgan fingerprint density at radius 1 is 1.00 bits per heavy atom. The van der Waals surface area contributed by atoms with Gasteiger partial charge in [-0.2, -0.15) is 0 Å². The summed E-state index contributed by atoms with van der Waals surface area (Å²) in [6.45, 7) is 3.81. The van der Waals surface area contributed by atoms with Crippen molar-refractivity contribution in [2.45, 2.75) is 37.8 Å². The Morgan fingerprint density at radius 2 is 1.70 bits per heavy atom. The smallest absolute Gasteiger partial charge is 0.265 e. The Balaban J connectivity index is 1.70. The van der Waals surface area contributed by atoms with Crippen molar-refractivity contribution in [2.75, 3.05) is 9.62 Å². The van der Waals surface area contributed by atoms with Crippen molar-refractivity contribution >= 4 is 33.2 Å². The van der Waals surface area contributed by atoms with E-state index in [2.05, 4.69) is 10.6 Å². The zero-order valence-corrected chi connectivity index (χ0v) is 19.2. The molecule has 7 nitrogen and oxygen atoms in total. The summed E-state index contributed by atoms with van der Waals surface area (Å²) in [5.41, 5.74) is 2.97. The molecular weight excluding hydrogens is 438 g/mol. The van der Waals surface area contributed by atoms with Crippen LogP contribution >= 0.6 is 0 Å². The van der Waals surface area contributed by atoms with Crippen molar-refractivity contribution in [3.8, 4) is 0 Å². The molecule has 170 valence electrons. The van der Waals surface area contributed by atoms with Gasteiger partial charge < -0.3 is 10.6 Å². The lowest BCUT2D eigenvalue weighted by Crippen LogP contribution is -2.52. The number of fused-ring (bicyclic) bond motifs is 1. The third kappa shape index (κ3) is 4.61. The molecule has 0 unspecified atom stereocenters. The van der Waals surface area contributed by atoms with Gasteiger partial charge in [0.05, 0.1) is 22.7 Å². The van der Waals surface area contributed by atoms with Crippen molar-refractivity contribution in [2.24, 2.45) is 0 Å². The van der Waals surface area contributed by atoms with Gasteiger partial charge in [-0.3, -0.25) is 13.9 Å². The third-order valence-electron chi connectivity index (χ3n) is 5.58. The van der Waals surface area contributed by atoms with E-state index >= 15 is 0 Å². The van der Waals surface area contributed by atoms with Crippen LogP contribution in [0.5, 0.6) is 0 Å². The Bertz CT molecular complexity index is 1310. The molecule has 0 saturated carbocycles. The molecule has 3 aromatic rings. The summed E-state index contributed by atoms with van der Waals surface area (Å²) in [6, 6.07) is 20.0. The number of sulfonamides is 1. The second kappa shape index (κ2) is 9.07. The first kappa shape index (κ1) is 22.5. The number of carbonyl (C=O) groups excluding carboxylic acids is 2. The van der Waals surface area contributed by atoms with Gasteiger partial charge in [0.2, 0.25) is 11.8 Å². The molecule has 1 atom stereocenters. The lowest BCUT2D eigenvalue weighted by atomic mass is 10.1. The summed E-state index contributed by atoms with van der Waals surface area (Å²) in [4.78, 5) is 25.9. The lowest BCUT2D eigenvalue weighted by molar-refractivity contribution is -0.125. The van der Waals surface area contributed by atoms with E-state index in [1.54, 1.807) is 43.3 Å². The van der Waals surface area contributed by atoms with E-state index in [0.717, 1.165) is 15.4 Å². The van der Waals surface area contributed by atoms with Crippen LogP contribution in [0.4, 0.5) is 11.4 Å². The third-order valence-corrected chi connectivity index (χ3v) is 7.54. The fraction of sp³-hybridized carbons (Fsp3) is 0.200. The van der Waals surface area contributed by atoms with Crippen LogP contribution in [0.25, 0.3) is 0 Å². The first-order chi connectivity index (χ1) is 15.8. The lowest BCUT2D eigenvalue weighted by Gasteiger charge is -2.37. The fourth-order valence-corrected chi connectivity index (χ4v) is 5.82. The first-order valence-corrected chi connectivity index (χ1v) is 12.0. The van der Waals surface area contributed by atoms with E-state index in [0.29, 0.717) is 16.9 Å². The SMILES string of the molecule is Cc1ccc(C)c(S(=O)(=O)N2c3ccccc3NC(=O)[C@H]2CC(=O)NCc2ccccc2)c1. The molecule has 4 rings (SSSR count). The maximum atomic E-state index is 13.9. The van der Waals surface area contributed by atoms with Gasteiger partial charge in [-0.1, -0.05) is 54.6 Å². The average molecular weight is 464 g/mol. The number of nitrogens with zero attached hydrogens (tertiary/aromatic N) is 1. The summed E-state index contributed by atoms with van der Waals surface area (Å²) in [5, 5.41) is 5.53. The van der Waals surface area contributed by atoms with Crippen LogP contribution in [0.3, 0.4) is 0 Å². The summed E-state index contributed by atoms with van der Waals surface area (Å²) >= 11 is 0. The molecule has 0 bridgehead atoms. The number of rotatable bonds is 6. The second-order valence-corrected chi connectivity index (χ2v) is 9.84. The van der Waals surface area contributed by atoms with Gasteiger partial charge in [0.1, 0.15) is 6.04 Å². The Hall–Kier alpha value is -3.65. The highest BCUT2D eigenvalue weighted by atomic mass is 32.2. The van der Waals surface area contributed by atoms with E-state index < -0.39 is 27.9 Å². The quantitative estimate of drug-likeness (QED) is 0.585. The van der Waals surface area contributed by atoms with Crippen LogP contribution in [0.15, 0.2) is 77.7 Å². The molecular formula is C25H25N3O4S. The fourth-order valence-electron chi connectivity index (χ4n) is 3.87. The molecule has 2 amide bonds. The molecule has 2 N–H and O–H groups in total. The Morgan fingerprint density at radius 3 is 2.45 bits per heavy atom. The minimum absolute atomic E-state index is 0.113. The number of carbonyl (C=O) groups is 2. The van der Waals surface area contributed by atoms with Crippen molar-refractivity contribution < 1.29 is 18.0 Å². The largest absolute Gasteiger partial charge is 0.352 e. The minimum Gasteiger partial charge on any atom is -0.352 e. The van der Waals surface area contributed by atoms with Gasteiger partial charge in [0.25, 0.3) is 10.0 Å². The van der Waals surface area contributed by atoms with Crippen molar-refractivity contribution in [3.63, 3.8) is 0 Å². The average Bonchev–Trinajstić information content (AvgIpc) is 2.80. The van der Waals surface area contributed by atoms with Crippen LogP contribution in [0.1, 0.15) is 23.1 Å². The Kier molecular flexibility index (Phi) is 6.20. The van der Waals surface area contributed by atoms with Gasteiger partial charge in [-0.05, 0) is 48.7 Å². The molecule has 0 aromatic heterocycles. The van der Waals surface area contributed by atoms with Crippen molar-refractivity contribution in [1.82, 2.24) is 5.32 Å². The number of para-hydroxylation sites is 2. The van der Waals surface area contributed by atoms with E-state index in [9.17, 15) is 18.0 Å². The van der Waals surface area contributed by atoms with Gasteiger partial charge in [0.15, 0.2) is 0 Å². The summed E-state index contributed by atoms with van der Waals surface area (Å²) in [5.74, 6) is -0.961. The van der Waals surface area contributed by atoms with Crippen LogP contribution in [0.2, 0.25) is 0 Å². The molecule has 1 heterocycles. The maximum Gasteiger partial charge on any atom is 0.265 e. The molecule has 1 aliphatic heterocycles. The van der Waals surface area contributed by atoms with Crippen LogP contribution in [0, 0.1) is 13.8 Å². The second-order valence-electron chi connectivity index (χ2n) is 8.06. The summed E-state index contributed by atoms with van der Waals surface area (Å²) in [7, 11) is -4.13. The molecule has 0 saturated heterocycles. The predicted octanol–water partition coefficient (Wildman–Crippen LogP) is 3.53. The monoisotopic (exact) mass is 463 g/mol. The highest BCUT2D eigenvalue weighted by Crippen LogP contribution is 2.37. The topological polar surface area (TPSA) is 95.6 Å². The summed E-state index contributed by atoms with van der Waals surface area (Å²) in [6.07, 6.45) is -0.308. The highest BCUT2D eigenvalue weighted by Gasteiger charge is 2.42. The van der Waals surface area contributed by atoms with Crippen LogP contribution in [-0.4, -0.2) is 26.3 Å². The molecule has 0 fully saturated rings. The van der Waals surface area contributed by atoms with Crippen molar-refractivity contribution in [3.05, 3.63) is 89.5 Å². The highest BCUT2D eigenvalue weighted by molar-refractivity contribution is 7.93. The first-order valence-electron chi connectivity index (χ1n) is 10.6. The van der Waals surface area contributed by atoms with E-state index in [4.69, 9.17) is 0 Å². The van der Waals surface area contributed by atoms with Crippen LogP contribution in [-0.2, 0) is 26.2 Å². The molecule has 8 heteroatoms. The van der Waals surface area contributed by atoms with Gasteiger partial charge in [-0.25, -0.2) is 8.42 Å². The van der Waals surface area contributed by atoms with E-state index in [1.807, 2.05) is 43.3 Å². The zero-order chi connectivity index (χ0) is 23.6. The van der Waals surface area contributed by atoms with Crippen LogP contribution < -0.4 is 14.9 Å². The van der Waals surface area contributed by atoms with Gasteiger partial charge in [-0.15, -0.1) is 0 Å². The molecule has 1 aliphatic rings. The molecule has 3 aromatic carbocycles. The summed E-state index contributed by atoms with van der Waals surface area (Å²) < 4.78 is 28.8. The molecule has 0 spiro atoms. The minimum atomic E-state index is -4.13. The number of aryl methyl sites for hydroxylation is 2. The number of nitrogens with one attached hydrogen (secondary N) is 2. The molecule has 0 radical (unpaired) electrons. The number of benzene rings is 3. The van der Waals surface area contributed by atoms with E-state index in [-0.39, 0.29) is 17.9 Å². The molecule has 33 heavy (non-hydrogen) atoms. The normalized spacial score (nSPS) is 15.5. The number of amides is 2. The van der Waals surface area contributed by atoms with Crippen molar-refractivity contribution in [1.29, 1.82) is 0 Å². The van der Waals surface area contributed by atoms with Gasteiger partial charge in [0, 0.05) is 6.54 Å². The number of hydrogen-bond donors (Lipinski definition) is 2. The maximum absolute atomic E-state index is 13.9. The Labute approximate surface area is 193 Å². The number of hydrogen-bond acceptors (Lipinski definition) is 4. The standard InChI is InChI=1S/C25H25N3O4S/c1-17-12-13-18(2)23(14-17)33(31,32)28-21-11-7-6-10-20(21)27-25(30)22(28)15-24(29)26-16-19-8-4-3-5-9-19/h3-14,22H,15-16H2,1-2H3,(H,26,29)(H,27,30)/t22-/m1/s1.